The van der Waals surface area contributed by atoms with E-state index in [1.54, 1.807) is 0 Å². The fourth-order valence-electron chi connectivity index (χ4n) is 5.98. The molecule has 0 aromatic carbocycles. The Kier molecular flexibility index (Phi) is 33.0. The van der Waals surface area contributed by atoms with Gasteiger partial charge in [-0.05, 0) is 5.92 Å². The van der Waals surface area contributed by atoms with Gasteiger partial charge >= 0.3 is 0 Å². The maximum atomic E-state index is 2.43. The Labute approximate surface area is 232 Å². The van der Waals surface area contributed by atoms with E-state index < -0.39 is 0 Å². The summed E-state index contributed by atoms with van der Waals surface area (Å²) < 4.78 is 0. The van der Waals surface area contributed by atoms with Crippen LogP contribution in [0.25, 0.3) is 0 Å². The molecule has 0 aromatic heterocycles. The summed E-state index contributed by atoms with van der Waals surface area (Å²) in [6.45, 7) is 7.05. The quantitative estimate of drug-likeness (QED) is 0.0795. The lowest BCUT2D eigenvalue weighted by atomic mass is 9.92. The third-order valence-electron chi connectivity index (χ3n) is 8.76. The molecule has 0 saturated heterocycles. The highest BCUT2D eigenvalue weighted by Gasteiger charge is 2.06. The SMILES string of the molecule is CCCCCCCCCCCCCCCCCC(CC)CCCCCCCCCCCCCCCC. The lowest BCUT2D eigenvalue weighted by Crippen LogP contribution is -1.99. The molecule has 0 aliphatic carbocycles. The highest BCUT2D eigenvalue weighted by molar-refractivity contribution is 4.59. The van der Waals surface area contributed by atoms with E-state index in [4.69, 9.17) is 0 Å². The second-order valence-electron chi connectivity index (χ2n) is 12.4. The average Bonchev–Trinajstić information content (AvgIpc) is 2.89. The van der Waals surface area contributed by atoms with Crippen LogP contribution in [0.3, 0.4) is 0 Å². The van der Waals surface area contributed by atoms with Crippen LogP contribution in [0.4, 0.5) is 0 Å². The van der Waals surface area contributed by atoms with Crippen LogP contribution in [0.5, 0.6) is 0 Å². The van der Waals surface area contributed by atoms with Crippen molar-refractivity contribution < 1.29 is 0 Å². The zero-order valence-electron chi connectivity index (χ0n) is 26.2. The maximum Gasteiger partial charge on any atom is -0.0417 e. The molecule has 36 heavy (non-hydrogen) atoms. The molecule has 0 amide bonds. The van der Waals surface area contributed by atoms with Gasteiger partial charge in [0.25, 0.3) is 0 Å². The minimum absolute atomic E-state index is 1.02. The predicted octanol–water partition coefficient (Wildman–Crippen LogP) is 14.1. The summed E-state index contributed by atoms with van der Waals surface area (Å²) in [5.41, 5.74) is 0. The lowest BCUT2D eigenvalue weighted by Gasteiger charge is -2.14. The molecule has 0 nitrogen and oxygen atoms in total. The molecule has 1 atom stereocenters. The van der Waals surface area contributed by atoms with Gasteiger partial charge in [0.05, 0.1) is 0 Å². The molecule has 0 fully saturated rings. The van der Waals surface area contributed by atoms with Gasteiger partial charge in [-0.2, -0.15) is 0 Å². The van der Waals surface area contributed by atoms with E-state index in [9.17, 15) is 0 Å². The summed E-state index contributed by atoms with van der Waals surface area (Å²) in [5.74, 6) is 1.02. The van der Waals surface area contributed by atoms with Gasteiger partial charge in [0, 0.05) is 0 Å². The van der Waals surface area contributed by atoms with Crippen molar-refractivity contribution in [1.29, 1.82) is 0 Å². The van der Waals surface area contributed by atoms with Crippen LogP contribution in [-0.2, 0) is 0 Å². The van der Waals surface area contributed by atoms with E-state index in [1.165, 1.54) is 205 Å². The van der Waals surface area contributed by atoms with E-state index in [-0.39, 0.29) is 0 Å². The molecular weight excluding hydrogens is 432 g/mol. The fraction of sp³-hybridized carbons (Fsp3) is 1.00. The molecular formula is C36H74. The van der Waals surface area contributed by atoms with E-state index in [0.29, 0.717) is 0 Å². The summed E-state index contributed by atoms with van der Waals surface area (Å²) in [6, 6.07) is 0. The van der Waals surface area contributed by atoms with Crippen molar-refractivity contribution >= 4 is 0 Å². The summed E-state index contributed by atoms with van der Waals surface area (Å²) in [5, 5.41) is 0. The van der Waals surface area contributed by atoms with Crippen LogP contribution in [0.15, 0.2) is 0 Å². The topological polar surface area (TPSA) is 0 Å². The monoisotopic (exact) mass is 507 g/mol. The van der Waals surface area contributed by atoms with Gasteiger partial charge in [-0.15, -0.1) is 0 Å². The van der Waals surface area contributed by atoms with Gasteiger partial charge in [0.15, 0.2) is 0 Å². The minimum atomic E-state index is 1.02. The van der Waals surface area contributed by atoms with Gasteiger partial charge in [0.2, 0.25) is 0 Å². The third kappa shape index (κ3) is 30.2. The first-order valence-electron chi connectivity index (χ1n) is 17.8. The van der Waals surface area contributed by atoms with Crippen LogP contribution in [0, 0.1) is 5.92 Å². The van der Waals surface area contributed by atoms with E-state index in [0.717, 1.165) is 5.92 Å². The molecule has 218 valence electrons. The van der Waals surface area contributed by atoms with Crippen LogP contribution in [-0.4, -0.2) is 0 Å². The van der Waals surface area contributed by atoms with E-state index in [2.05, 4.69) is 20.8 Å². The van der Waals surface area contributed by atoms with Gasteiger partial charge < -0.3 is 0 Å². The molecule has 0 N–H and O–H groups in total. The summed E-state index contributed by atoms with van der Waals surface area (Å²) in [4.78, 5) is 0. The molecule has 0 rings (SSSR count). The Morgan fingerprint density at radius 1 is 0.250 bits per heavy atom. The van der Waals surface area contributed by atoms with Crippen molar-refractivity contribution in [1.82, 2.24) is 0 Å². The highest BCUT2D eigenvalue weighted by atomic mass is 14.1. The summed E-state index contributed by atoms with van der Waals surface area (Å²) in [7, 11) is 0. The zero-order chi connectivity index (χ0) is 26.2. The highest BCUT2D eigenvalue weighted by Crippen LogP contribution is 2.22. The molecule has 1 unspecified atom stereocenters. The first-order valence-corrected chi connectivity index (χ1v) is 17.8. The molecule has 0 bridgehead atoms. The first kappa shape index (κ1) is 36.0. The standard InChI is InChI=1S/C36H74/c1-4-7-9-11-13-15-17-19-21-23-25-27-29-31-33-35-36(6-3)34-32-30-28-26-24-22-20-18-16-14-12-10-8-5-2/h36H,4-35H2,1-3H3. The second-order valence-corrected chi connectivity index (χ2v) is 12.4. The Morgan fingerprint density at radius 3 is 0.639 bits per heavy atom. The van der Waals surface area contributed by atoms with Gasteiger partial charge in [-0.25, -0.2) is 0 Å². The molecule has 0 heteroatoms. The van der Waals surface area contributed by atoms with E-state index >= 15 is 0 Å². The van der Waals surface area contributed by atoms with Gasteiger partial charge in [-0.1, -0.05) is 226 Å². The van der Waals surface area contributed by atoms with Crippen LogP contribution in [0.2, 0.25) is 0 Å². The third-order valence-corrected chi connectivity index (χ3v) is 8.76. The van der Waals surface area contributed by atoms with Crippen molar-refractivity contribution in [3.63, 3.8) is 0 Å². The van der Waals surface area contributed by atoms with E-state index in [1.807, 2.05) is 0 Å². The Balaban J connectivity index is 3.25. The smallest absolute Gasteiger partial charge is 0.0417 e. The van der Waals surface area contributed by atoms with Crippen molar-refractivity contribution in [3.05, 3.63) is 0 Å². The first-order chi connectivity index (χ1) is 17.8. The zero-order valence-corrected chi connectivity index (χ0v) is 26.2. The maximum absolute atomic E-state index is 2.43. The molecule has 0 aromatic rings. The Hall–Kier alpha value is 0. The van der Waals surface area contributed by atoms with Crippen molar-refractivity contribution in [2.24, 2.45) is 5.92 Å². The average molecular weight is 507 g/mol. The van der Waals surface area contributed by atoms with Crippen molar-refractivity contribution in [2.45, 2.75) is 226 Å². The predicted molar refractivity (Wildman–Crippen MR) is 168 cm³/mol. The fourth-order valence-corrected chi connectivity index (χ4v) is 5.98. The van der Waals surface area contributed by atoms with Crippen LogP contribution < -0.4 is 0 Å². The van der Waals surface area contributed by atoms with Crippen LogP contribution >= 0.6 is 0 Å². The lowest BCUT2D eigenvalue weighted by molar-refractivity contribution is 0.392. The van der Waals surface area contributed by atoms with Crippen LogP contribution in [0.1, 0.15) is 226 Å². The van der Waals surface area contributed by atoms with Gasteiger partial charge in [0.1, 0.15) is 0 Å². The number of unbranched alkanes of at least 4 members (excludes halogenated alkanes) is 27. The van der Waals surface area contributed by atoms with Crippen molar-refractivity contribution in [2.75, 3.05) is 0 Å². The minimum Gasteiger partial charge on any atom is -0.0654 e. The summed E-state index contributed by atoms with van der Waals surface area (Å²) in [6.07, 6.45) is 47.3. The Bertz CT molecular complexity index is 359. The normalized spacial score (nSPS) is 12.4. The number of hydrogen-bond acceptors (Lipinski definition) is 0. The van der Waals surface area contributed by atoms with Gasteiger partial charge in [-0.3, -0.25) is 0 Å². The summed E-state index contributed by atoms with van der Waals surface area (Å²) >= 11 is 0. The molecule has 0 radical (unpaired) electrons. The molecule has 0 aliphatic rings. The molecule has 0 aliphatic heterocycles. The number of hydrogen-bond donors (Lipinski definition) is 0. The second kappa shape index (κ2) is 33.0. The van der Waals surface area contributed by atoms with Crippen molar-refractivity contribution in [3.8, 4) is 0 Å². The molecule has 0 spiro atoms. The Morgan fingerprint density at radius 2 is 0.444 bits per heavy atom. The molecule has 0 saturated carbocycles. The molecule has 0 heterocycles. The number of rotatable bonds is 32. The largest absolute Gasteiger partial charge is 0.0654 e.